The summed E-state index contributed by atoms with van der Waals surface area (Å²) in [5.74, 6) is -0.315. The Morgan fingerprint density at radius 1 is 0.885 bits per heavy atom. The van der Waals surface area contributed by atoms with Crippen LogP contribution in [0.3, 0.4) is 0 Å². The van der Waals surface area contributed by atoms with Gasteiger partial charge in [0.05, 0.1) is 11.7 Å². The zero-order valence-corrected chi connectivity index (χ0v) is 30.3. The van der Waals surface area contributed by atoms with E-state index in [1.54, 1.807) is 30.3 Å². The van der Waals surface area contributed by atoms with Crippen LogP contribution in [0, 0.1) is 18.8 Å². The first-order chi connectivity index (χ1) is 25.1. The molecule has 2 saturated carbocycles. The number of carbonyl (C=O) groups excluding carboxylic acids is 3. The van der Waals surface area contributed by atoms with E-state index >= 15 is 0 Å². The van der Waals surface area contributed by atoms with Crippen molar-refractivity contribution in [3.63, 3.8) is 0 Å². The summed E-state index contributed by atoms with van der Waals surface area (Å²) in [6.45, 7) is 2.50. The van der Waals surface area contributed by atoms with Gasteiger partial charge in [-0.3, -0.25) is 14.4 Å². The van der Waals surface area contributed by atoms with E-state index in [9.17, 15) is 14.4 Å². The average Bonchev–Trinajstić information content (AvgIpc) is 3.71. The molecule has 2 aliphatic rings. The number of nitrogens with one attached hydrogen (secondary N) is 2. The second-order valence-corrected chi connectivity index (χ2v) is 14.5. The minimum absolute atomic E-state index is 0.143. The van der Waals surface area contributed by atoms with Crippen LogP contribution in [-0.2, 0) is 16.0 Å². The Kier molecular flexibility index (Phi) is 11.8. The lowest BCUT2D eigenvalue weighted by Crippen LogP contribution is -2.50. The van der Waals surface area contributed by atoms with E-state index in [0.717, 1.165) is 60.9 Å². The lowest BCUT2D eigenvalue weighted by Gasteiger charge is -2.32. The van der Waals surface area contributed by atoms with Crippen LogP contribution < -0.4 is 21.7 Å². The quantitative estimate of drug-likeness (QED) is 0.177. The predicted molar refractivity (Wildman–Crippen MR) is 200 cm³/mol. The molecule has 13 heteroatoms. The molecule has 2 aliphatic carbocycles. The van der Waals surface area contributed by atoms with Crippen LogP contribution in [0.1, 0.15) is 73.1 Å². The highest BCUT2D eigenvalue weighted by Crippen LogP contribution is 2.32. The van der Waals surface area contributed by atoms with Gasteiger partial charge in [-0.25, -0.2) is 9.88 Å². The summed E-state index contributed by atoms with van der Waals surface area (Å²) >= 11 is 0. The highest BCUT2D eigenvalue weighted by molar-refractivity contribution is 6.17. The number of benzene rings is 2. The first kappa shape index (κ1) is 36.9. The van der Waals surface area contributed by atoms with E-state index in [0.29, 0.717) is 54.1 Å². The minimum Gasteiger partial charge on any atom is -0.348 e. The third-order valence-electron chi connectivity index (χ3n) is 10.8. The van der Waals surface area contributed by atoms with Gasteiger partial charge in [-0.1, -0.05) is 30.3 Å². The van der Waals surface area contributed by atoms with Crippen molar-refractivity contribution in [3.05, 3.63) is 77.6 Å². The standard InChI is InChI=1S/C39H50N10O3/c1-24-33(20-21-35(42-24)37(50)43-30-14-18-31(19-15-30)48(2)3)27-8-4-25(5-9-27)22-34(41)39(52)49(38(51)29-10-6-26(23-40)7-11-29)32-16-12-28(13-17-32)36-44-46-47-45-36/h4-5,8-9,12-13,16-17,20-21,26,29-31,34H,6-7,10-11,14-15,18-19,22-23,40-41H2,1-3H3,(H,43,50)(H,44,45,46,47)/t26?,29?,30?,31?,34-/m0/s1. The monoisotopic (exact) mass is 706 g/mol. The van der Waals surface area contributed by atoms with Gasteiger partial charge in [0.1, 0.15) is 5.69 Å². The number of nitrogens with two attached hydrogens (primary N) is 2. The normalized spacial score (nSPS) is 21.0. The summed E-state index contributed by atoms with van der Waals surface area (Å²) in [4.78, 5) is 49.2. The molecule has 4 aromatic rings. The molecule has 6 N–H and O–H groups in total. The number of aromatic nitrogens is 5. The Bertz CT molecular complexity index is 1810. The van der Waals surface area contributed by atoms with Gasteiger partial charge in [-0.15, -0.1) is 10.2 Å². The fraction of sp³-hybridized carbons (Fsp3) is 0.462. The van der Waals surface area contributed by atoms with Gasteiger partial charge in [-0.2, -0.15) is 5.21 Å². The van der Waals surface area contributed by atoms with Crippen molar-refractivity contribution in [2.75, 3.05) is 25.5 Å². The number of aromatic amines is 1. The van der Waals surface area contributed by atoms with Crippen LogP contribution in [0.2, 0.25) is 0 Å². The van der Waals surface area contributed by atoms with E-state index in [1.807, 2.05) is 37.3 Å². The Morgan fingerprint density at radius 3 is 2.15 bits per heavy atom. The number of nitrogens with zero attached hydrogens (tertiary/aromatic N) is 6. The van der Waals surface area contributed by atoms with Gasteiger partial charge in [0, 0.05) is 34.8 Å². The number of hydrogen-bond acceptors (Lipinski definition) is 10. The molecule has 2 heterocycles. The van der Waals surface area contributed by atoms with Crippen molar-refractivity contribution in [3.8, 4) is 22.5 Å². The number of carbonyl (C=O) groups is 3. The lowest BCUT2D eigenvalue weighted by atomic mass is 9.81. The Hall–Kier alpha value is -4.85. The molecule has 0 radical (unpaired) electrons. The van der Waals surface area contributed by atoms with Crippen molar-refractivity contribution in [1.29, 1.82) is 0 Å². The van der Waals surface area contributed by atoms with Crippen LogP contribution in [-0.4, -0.2) is 87.0 Å². The summed E-state index contributed by atoms with van der Waals surface area (Å²) < 4.78 is 0. The molecule has 2 fully saturated rings. The number of amides is 3. The number of tetrazole rings is 1. The molecule has 0 spiro atoms. The van der Waals surface area contributed by atoms with Crippen molar-refractivity contribution < 1.29 is 14.4 Å². The molecule has 52 heavy (non-hydrogen) atoms. The molecule has 0 unspecified atom stereocenters. The molecular formula is C39H50N10O3. The summed E-state index contributed by atoms with van der Waals surface area (Å²) in [5.41, 5.74) is 17.5. The topological polar surface area (TPSA) is 189 Å². The fourth-order valence-corrected chi connectivity index (χ4v) is 7.55. The second kappa shape index (κ2) is 16.7. The van der Waals surface area contributed by atoms with Crippen LogP contribution >= 0.6 is 0 Å². The molecule has 6 rings (SSSR count). The number of hydrogen-bond donors (Lipinski definition) is 4. The van der Waals surface area contributed by atoms with Crippen LogP contribution in [0.25, 0.3) is 22.5 Å². The highest BCUT2D eigenvalue weighted by atomic mass is 16.2. The summed E-state index contributed by atoms with van der Waals surface area (Å²) in [6.07, 6.45) is 7.39. The van der Waals surface area contributed by atoms with Gasteiger partial charge in [0.25, 0.3) is 11.8 Å². The Balaban J connectivity index is 1.12. The molecule has 2 aromatic carbocycles. The van der Waals surface area contributed by atoms with E-state index in [-0.39, 0.29) is 30.2 Å². The van der Waals surface area contributed by atoms with Gasteiger partial charge < -0.3 is 21.7 Å². The summed E-state index contributed by atoms with van der Waals surface area (Å²) in [6, 6.07) is 18.3. The number of imide groups is 1. The van der Waals surface area contributed by atoms with E-state index in [1.165, 1.54) is 4.90 Å². The van der Waals surface area contributed by atoms with E-state index in [4.69, 9.17) is 11.5 Å². The SMILES string of the molecule is Cc1nc(C(=O)NC2CCC(N(C)C)CC2)ccc1-c1ccc(C[C@H](N)C(=O)N(C(=O)C2CCC(CN)CC2)c2ccc(-c3nn[nH]n3)cc2)cc1. The number of H-pyrrole nitrogens is 1. The fourth-order valence-electron chi connectivity index (χ4n) is 7.55. The summed E-state index contributed by atoms with van der Waals surface area (Å²) in [7, 11) is 4.22. The molecule has 13 nitrogen and oxygen atoms in total. The first-order valence-electron chi connectivity index (χ1n) is 18.3. The van der Waals surface area contributed by atoms with Crippen molar-refractivity contribution in [1.82, 2.24) is 35.8 Å². The van der Waals surface area contributed by atoms with Crippen LogP contribution in [0.4, 0.5) is 5.69 Å². The highest BCUT2D eigenvalue weighted by Gasteiger charge is 2.35. The maximum Gasteiger partial charge on any atom is 0.270 e. The average molecular weight is 707 g/mol. The molecule has 274 valence electrons. The minimum atomic E-state index is -0.953. The van der Waals surface area contributed by atoms with Gasteiger partial charge in [0.2, 0.25) is 11.7 Å². The number of aryl methyl sites for hydroxylation is 1. The maximum atomic E-state index is 14.0. The number of pyridine rings is 1. The predicted octanol–water partition coefficient (Wildman–Crippen LogP) is 4.03. The molecule has 2 aromatic heterocycles. The molecule has 0 saturated heterocycles. The third-order valence-corrected chi connectivity index (χ3v) is 10.8. The summed E-state index contributed by atoms with van der Waals surface area (Å²) in [5, 5.41) is 17.3. The molecule has 0 bridgehead atoms. The largest absolute Gasteiger partial charge is 0.348 e. The van der Waals surface area contributed by atoms with Gasteiger partial charge >= 0.3 is 0 Å². The van der Waals surface area contributed by atoms with Gasteiger partial charge in [0.15, 0.2) is 0 Å². The number of rotatable bonds is 11. The second-order valence-electron chi connectivity index (χ2n) is 14.5. The lowest BCUT2D eigenvalue weighted by molar-refractivity contribution is -0.130. The van der Waals surface area contributed by atoms with Crippen molar-refractivity contribution >= 4 is 23.4 Å². The van der Waals surface area contributed by atoms with Crippen LogP contribution in [0.5, 0.6) is 0 Å². The molecule has 0 aliphatic heterocycles. The van der Waals surface area contributed by atoms with E-state index < -0.39 is 11.9 Å². The smallest absolute Gasteiger partial charge is 0.270 e. The Labute approximate surface area is 304 Å². The van der Waals surface area contributed by atoms with Crippen LogP contribution in [0.15, 0.2) is 60.7 Å². The maximum absolute atomic E-state index is 14.0. The molecule has 1 atom stereocenters. The molecular weight excluding hydrogens is 656 g/mol. The number of anilines is 1. The van der Waals surface area contributed by atoms with Gasteiger partial charge in [-0.05, 0) is 138 Å². The Morgan fingerprint density at radius 2 is 1.56 bits per heavy atom. The first-order valence-corrected chi connectivity index (χ1v) is 18.3. The van der Waals surface area contributed by atoms with E-state index in [2.05, 4.69) is 49.9 Å². The third kappa shape index (κ3) is 8.60. The zero-order chi connectivity index (χ0) is 36.8. The molecule has 3 amide bonds. The van der Waals surface area contributed by atoms with Crippen molar-refractivity contribution in [2.24, 2.45) is 23.3 Å². The zero-order valence-electron chi connectivity index (χ0n) is 30.3. The van der Waals surface area contributed by atoms with Crippen molar-refractivity contribution in [2.45, 2.75) is 82.8 Å².